The smallest absolute Gasteiger partial charge is 0.105 e. The fourth-order valence-electron chi connectivity index (χ4n) is 2.29. The van der Waals surface area contributed by atoms with Gasteiger partial charge in [-0.3, -0.25) is 0 Å². The average molecular weight is 249 g/mol. The summed E-state index contributed by atoms with van der Waals surface area (Å²) in [4.78, 5) is 0. The second-order valence-electron chi connectivity index (χ2n) is 4.69. The summed E-state index contributed by atoms with van der Waals surface area (Å²) in [6.45, 7) is 6.74. The van der Waals surface area contributed by atoms with Gasteiger partial charge in [-0.15, -0.1) is 0 Å². The van der Waals surface area contributed by atoms with Crippen molar-refractivity contribution in [1.82, 2.24) is 5.32 Å². The maximum Gasteiger partial charge on any atom is 0.105 e. The predicted molar refractivity (Wildman–Crippen MR) is 72.6 cm³/mol. The van der Waals surface area contributed by atoms with E-state index < -0.39 is 0 Å². The molecular formula is C15H23NO2. The highest BCUT2D eigenvalue weighted by molar-refractivity contribution is 5.20. The molecule has 2 rings (SSSR count). The highest BCUT2D eigenvalue weighted by atomic mass is 16.6. The van der Waals surface area contributed by atoms with E-state index in [9.17, 15) is 0 Å². The Kier molecular flexibility index (Phi) is 5.17. The lowest BCUT2D eigenvalue weighted by molar-refractivity contribution is -0.161. The lowest BCUT2D eigenvalue weighted by Crippen LogP contribution is -2.43. The molecule has 0 bridgehead atoms. The summed E-state index contributed by atoms with van der Waals surface area (Å²) in [7, 11) is 0. The number of hydrogen-bond acceptors (Lipinski definition) is 3. The molecule has 0 aliphatic carbocycles. The predicted octanol–water partition coefficient (Wildman–Crippen LogP) is 2.53. The third-order valence-corrected chi connectivity index (χ3v) is 3.33. The van der Waals surface area contributed by atoms with Crippen molar-refractivity contribution in [1.29, 1.82) is 0 Å². The molecule has 1 aromatic rings. The molecule has 18 heavy (non-hydrogen) atoms. The van der Waals surface area contributed by atoms with Gasteiger partial charge in [-0.05, 0) is 18.5 Å². The van der Waals surface area contributed by atoms with Crippen molar-refractivity contribution >= 4 is 0 Å². The summed E-state index contributed by atoms with van der Waals surface area (Å²) in [6.07, 6.45) is 1.49. The van der Waals surface area contributed by atoms with Gasteiger partial charge in [0.25, 0.3) is 0 Å². The summed E-state index contributed by atoms with van der Waals surface area (Å²) in [5.74, 6) is 0. The Hall–Kier alpha value is -0.900. The number of rotatable bonds is 7. The molecule has 1 aliphatic rings. The fraction of sp³-hybridized carbons (Fsp3) is 0.600. The van der Waals surface area contributed by atoms with Crippen LogP contribution in [0.1, 0.15) is 31.9 Å². The van der Waals surface area contributed by atoms with Crippen LogP contribution in [-0.4, -0.2) is 32.0 Å². The summed E-state index contributed by atoms with van der Waals surface area (Å²) < 4.78 is 11.3. The van der Waals surface area contributed by atoms with Crippen molar-refractivity contribution in [2.75, 3.05) is 19.8 Å². The molecule has 0 aromatic heterocycles. The Morgan fingerprint density at radius 2 is 2.00 bits per heavy atom. The molecule has 1 aliphatic heterocycles. The molecule has 100 valence electrons. The van der Waals surface area contributed by atoms with Gasteiger partial charge in [-0.2, -0.15) is 0 Å². The first-order chi connectivity index (χ1) is 8.85. The molecule has 1 fully saturated rings. The van der Waals surface area contributed by atoms with Gasteiger partial charge in [-0.25, -0.2) is 0 Å². The van der Waals surface area contributed by atoms with E-state index in [1.54, 1.807) is 0 Å². The second-order valence-corrected chi connectivity index (χ2v) is 4.69. The zero-order valence-electron chi connectivity index (χ0n) is 11.3. The van der Waals surface area contributed by atoms with Crippen LogP contribution in [0.3, 0.4) is 0 Å². The molecule has 2 atom stereocenters. The molecule has 1 aromatic carbocycles. The van der Waals surface area contributed by atoms with E-state index in [0.29, 0.717) is 0 Å². The minimum absolute atomic E-state index is 0.209. The third kappa shape index (κ3) is 3.31. The molecule has 1 N–H and O–H groups in total. The zero-order chi connectivity index (χ0) is 12.8. The highest BCUT2D eigenvalue weighted by Gasteiger charge is 2.28. The zero-order valence-corrected chi connectivity index (χ0v) is 11.3. The van der Waals surface area contributed by atoms with E-state index in [0.717, 1.165) is 26.2 Å². The van der Waals surface area contributed by atoms with Crippen LogP contribution in [0, 0.1) is 0 Å². The van der Waals surface area contributed by atoms with Gasteiger partial charge < -0.3 is 14.8 Å². The summed E-state index contributed by atoms with van der Waals surface area (Å²) in [5, 5.41) is 3.54. The molecule has 3 nitrogen and oxygen atoms in total. The molecular weight excluding hydrogens is 226 g/mol. The first kappa shape index (κ1) is 13.5. The van der Waals surface area contributed by atoms with Crippen LogP contribution in [0.15, 0.2) is 30.3 Å². The molecule has 0 radical (unpaired) electrons. The maximum atomic E-state index is 6.12. The number of likely N-dealkylation sites (N-methyl/N-ethyl adjacent to an activating group) is 1. The fourth-order valence-corrected chi connectivity index (χ4v) is 2.29. The molecule has 2 unspecified atom stereocenters. The van der Waals surface area contributed by atoms with Crippen LogP contribution in [0.25, 0.3) is 0 Å². The Morgan fingerprint density at radius 3 is 2.50 bits per heavy atom. The summed E-state index contributed by atoms with van der Waals surface area (Å²) in [5.41, 5.74) is 1.30. The van der Waals surface area contributed by atoms with E-state index in [4.69, 9.17) is 9.47 Å². The van der Waals surface area contributed by atoms with E-state index in [1.807, 2.05) is 6.07 Å². The van der Waals surface area contributed by atoms with E-state index in [2.05, 4.69) is 43.4 Å². The topological polar surface area (TPSA) is 30.5 Å². The Morgan fingerprint density at radius 1 is 1.28 bits per heavy atom. The molecule has 3 heteroatoms. The van der Waals surface area contributed by atoms with Gasteiger partial charge in [0.1, 0.15) is 6.10 Å². The van der Waals surface area contributed by atoms with Crippen molar-refractivity contribution in [2.24, 2.45) is 0 Å². The van der Waals surface area contributed by atoms with Gasteiger partial charge >= 0.3 is 0 Å². The van der Waals surface area contributed by atoms with Crippen LogP contribution >= 0.6 is 0 Å². The van der Waals surface area contributed by atoms with Crippen molar-refractivity contribution in [3.05, 3.63) is 35.9 Å². The Bertz CT molecular complexity index is 338. The minimum Gasteiger partial charge on any atom is -0.376 e. The number of benzene rings is 1. The van der Waals surface area contributed by atoms with Crippen LogP contribution in [-0.2, 0) is 9.47 Å². The number of ether oxygens (including phenoxy) is 2. The van der Waals surface area contributed by atoms with Crippen molar-refractivity contribution < 1.29 is 9.47 Å². The summed E-state index contributed by atoms with van der Waals surface area (Å²) in [6, 6.07) is 10.8. The molecule has 1 saturated heterocycles. The van der Waals surface area contributed by atoms with Gasteiger partial charge in [0.2, 0.25) is 0 Å². The lowest BCUT2D eigenvalue weighted by Gasteiger charge is -2.34. The van der Waals surface area contributed by atoms with Gasteiger partial charge in [-0.1, -0.05) is 44.2 Å². The number of hydrogen-bond donors (Lipinski definition) is 1. The Labute approximate surface area is 109 Å². The normalized spacial score (nSPS) is 19.2. The van der Waals surface area contributed by atoms with Crippen LogP contribution in [0.4, 0.5) is 0 Å². The monoisotopic (exact) mass is 249 g/mol. The van der Waals surface area contributed by atoms with Gasteiger partial charge in [0.15, 0.2) is 0 Å². The Balaban J connectivity index is 2.06. The van der Waals surface area contributed by atoms with Crippen molar-refractivity contribution in [2.45, 2.75) is 38.5 Å². The molecule has 0 saturated carbocycles. The van der Waals surface area contributed by atoms with Crippen LogP contribution < -0.4 is 5.32 Å². The number of nitrogens with one attached hydrogen (secondary N) is 1. The van der Waals surface area contributed by atoms with E-state index in [1.165, 1.54) is 5.56 Å². The largest absolute Gasteiger partial charge is 0.376 e. The van der Waals surface area contributed by atoms with Gasteiger partial charge in [0.05, 0.1) is 25.4 Å². The standard InChI is InChI=1S/C15H23NO2/c1-3-14(18-13-10-17-11-13)15(16-4-2)12-8-6-5-7-9-12/h5-9,13-16H,3-4,10-11H2,1-2H3. The molecule has 0 spiro atoms. The van der Waals surface area contributed by atoms with Crippen LogP contribution in [0.5, 0.6) is 0 Å². The second kappa shape index (κ2) is 6.88. The maximum absolute atomic E-state index is 6.12. The average Bonchev–Trinajstić information content (AvgIpc) is 2.37. The van der Waals surface area contributed by atoms with Crippen molar-refractivity contribution in [3.63, 3.8) is 0 Å². The first-order valence-corrected chi connectivity index (χ1v) is 6.86. The molecule has 0 amide bonds. The molecule has 1 heterocycles. The van der Waals surface area contributed by atoms with Crippen molar-refractivity contribution in [3.8, 4) is 0 Å². The lowest BCUT2D eigenvalue weighted by atomic mass is 9.99. The quantitative estimate of drug-likeness (QED) is 0.805. The summed E-state index contributed by atoms with van der Waals surface area (Å²) >= 11 is 0. The SMILES string of the molecule is CCNC(c1ccccc1)C(CC)OC1COC1. The third-order valence-electron chi connectivity index (χ3n) is 3.33. The van der Waals surface area contributed by atoms with E-state index >= 15 is 0 Å². The van der Waals surface area contributed by atoms with E-state index in [-0.39, 0.29) is 18.2 Å². The minimum atomic E-state index is 0.209. The van der Waals surface area contributed by atoms with Crippen LogP contribution in [0.2, 0.25) is 0 Å². The van der Waals surface area contributed by atoms with Gasteiger partial charge in [0, 0.05) is 0 Å². The first-order valence-electron chi connectivity index (χ1n) is 6.86. The highest BCUT2D eigenvalue weighted by Crippen LogP contribution is 2.24.